The molecule has 4 rings (SSSR count). The number of aromatic nitrogens is 1. The summed E-state index contributed by atoms with van der Waals surface area (Å²) in [5.41, 5.74) is 1.67. The summed E-state index contributed by atoms with van der Waals surface area (Å²) >= 11 is 6.34. The van der Waals surface area contributed by atoms with Crippen molar-refractivity contribution in [1.29, 1.82) is 0 Å². The summed E-state index contributed by atoms with van der Waals surface area (Å²) in [5.74, 6) is 0.924. The second-order valence-electron chi connectivity index (χ2n) is 7.85. The maximum absolute atomic E-state index is 12.8. The minimum absolute atomic E-state index is 0.0430. The van der Waals surface area contributed by atoms with E-state index < -0.39 is 6.04 Å². The summed E-state index contributed by atoms with van der Waals surface area (Å²) in [6, 6.07) is 16.4. The summed E-state index contributed by atoms with van der Waals surface area (Å²) < 4.78 is 10.8. The molecule has 33 heavy (non-hydrogen) atoms. The number of amides is 1. The number of rotatable bonds is 7. The number of halogens is 1. The molecule has 1 amide bonds. The number of piperazine rings is 1. The Labute approximate surface area is 197 Å². The van der Waals surface area contributed by atoms with Crippen molar-refractivity contribution in [2.24, 2.45) is 0 Å². The van der Waals surface area contributed by atoms with Gasteiger partial charge in [0, 0.05) is 49.6 Å². The smallest absolute Gasteiger partial charge is 0.327 e. The quantitative estimate of drug-likeness (QED) is 0.489. The fourth-order valence-corrected chi connectivity index (χ4v) is 4.28. The van der Waals surface area contributed by atoms with Gasteiger partial charge in [0.05, 0.1) is 13.3 Å². The highest BCUT2D eigenvalue weighted by molar-refractivity contribution is 6.31. The maximum atomic E-state index is 12.8. The van der Waals surface area contributed by atoms with Crippen molar-refractivity contribution in [1.82, 2.24) is 14.8 Å². The predicted molar refractivity (Wildman–Crippen MR) is 125 cm³/mol. The molecule has 0 N–H and O–H groups in total. The molecule has 1 fully saturated rings. The van der Waals surface area contributed by atoms with Crippen molar-refractivity contribution in [3.63, 3.8) is 0 Å². The van der Waals surface area contributed by atoms with Gasteiger partial charge in [0.15, 0.2) is 11.7 Å². The molecular formula is C25H26ClN3O4. The highest BCUT2D eigenvalue weighted by Crippen LogP contribution is 2.29. The van der Waals surface area contributed by atoms with Gasteiger partial charge >= 0.3 is 5.97 Å². The molecule has 3 aromatic rings. The van der Waals surface area contributed by atoms with Crippen molar-refractivity contribution in [3.05, 3.63) is 77.3 Å². The average molecular weight is 468 g/mol. The van der Waals surface area contributed by atoms with Crippen LogP contribution in [0.4, 0.5) is 0 Å². The van der Waals surface area contributed by atoms with Crippen LogP contribution in [0, 0.1) is 0 Å². The van der Waals surface area contributed by atoms with Gasteiger partial charge in [0.25, 0.3) is 0 Å². The normalized spacial score (nSPS) is 15.3. The van der Waals surface area contributed by atoms with Crippen LogP contribution in [0.25, 0.3) is 11.3 Å². The van der Waals surface area contributed by atoms with Crippen molar-refractivity contribution >= 4 is 23.5 Å². The Kier molecular flexibility index (Phi) is 7.42. The van der Waals surface area contributed by atoms with E-state index in [1.807, 2.05) is 58.3 Å². The molecule has 0 spiro atoms. The van der Waals surface area contributed by atoms with Gasteiger partial charge in [-0.3, -0.25) is 9.69 Å². The Morgan fingerprint density at radius 3 is 2.45 bits per heavy atom. The molecule has 8 heteroatoms. The summed E-state index contributed by atoms with van der Waals surface area (Å²) in [6.45, 7) is 2.15. The van der Waals surface area contributed by atoms with E-state index in [0.29, 0.717) is 61.3 Å². The molecular weight excluding hydrogens is 442 g/mol. The third-order valence-corrected chi connectivity index (χ3v) is 6.17. The van der Waals surface area contributed by atoms with Crippen LogP contribution < -0.4 is 0 Å². The number of nitrogens with zero attached hydrogens (tertiary/aromatic N) is 3. The van der Waals surface area contributed by atoms with Crippen molar-refractivity contribution < 1.29 is 18.7 Å². The number of carbonyl (C=O) groups is 2. The van der Waals surface area contributed by atoms with Crippen LogP contribution in [-0.4, -0.2) is 59.9 Å². The number of methoxy groups -OCH3 is 1. The van der Waals surface area contributed by atoms with E-state index in [9.17, 15) is 9.59 Å². The molecule has 1 aliphatic rings. The lowest BCUT2D eigenvalue weighted by atomic mass is 10.0. The highest BCUT2D eigenvalue weighted by atomic mass is 35.5. The number of oxazole rings is 1. The topological polar surface area (TPSA) is 75.9 Å². The molecule has 0 aliphatic carbocycles. The Hall–Kier alpha value is -3.16. The van der Waals surface area contributed by atoms with Gasteiger partial charge < -0.3 is 14.1 Å². The van der Waals surface area contributed by atoms with Gasteiger partial charge in [-0.1, -0.05) is 60.1 Å². The van der Waals surface area contributed by atoms with Crippen LogP contribution >= 0.6 is 11.6 Å². The minimum Gasteiger partial charge on any atom is -0.468 e. The number of ether oxygens (including phenoxy) is 1. The van der Waals surface area contributed by atoms with Gasteiger partial charge in [-0.15, -0.1) is 0 Å². The van der Waals surface area contributed by atoms with Crippen LogP contribution in [0.1, 0.15) is 23.9 Å². The molecule has 0 bridgehead atoms. The fourth-order valence-electron chi connectivity index (χ4n) is 4.04. The zero-order chi connectivity index (χ0) is 23.2. The standard InChI is InChI=1S/C25H26ClN3O4/c1-32-25(31)24(19-9-5-6-10-20(19)26)29-15-13-28(14-16-29)23(30)12-11-22-27-17-21(33-22)18-7-3-2-4-8-18/h2-10,17,24H,11-16H2,1H3/t24-/m0/s1. The number of hydrogen-bond donors (Lipinski definition) is 0. The predicted octanol–water partition coefficient (Wildman–Crippen LogP) is 3.99. The first-order valence-corrected chi connectivity index (χ1v) is 11.3. The number of aryl methyl sites for hydroxylation is 1. The first-order chi connectivity index (χ1) is 16.1. The van der Waals surface area contributed by atoms with Crippen LogP contribution in [-0.2, 0) is 20.7 Å². The molecule has 1 saturated heterocycles. The minimum atomic E-state index is -0.593. The number of esters is 1. The van der Waals surface area contributed by atoms with E-state index in [1.165, 1.54) is 7.11 Å². The number of hydrogen-bond acceptors (Lipinski definition) is 6. The van der Waals surface area contributed by atoms with Crippen LogP contribution in [0.5, 0.6) is 0 Å². The molecule has 7 nitrogen and oxygen atoms in total. The maximum Gasteiger partial charge on any atom is 0.327 e. The van der Waals surface area contributed by atoms with Crippen molar-refractivity contribution in [2.75, 3.05) is 33.3 Å². The fraction of sp³-hybridized carbons (Fsp3) is 0.320. The zero-order valence-corrected chi connectivity index (χ0v) is 19.2. The second-order valence-corrected chi connectivity index (χ2v) is 8.26. The van der Waals surface area contributed by atoms with Crippen LogP contribution in [0.3, 0.4) is 0 Å². The molecule has 2 aromatic carbocycles. The van der Waals surface area contributed by atoms with E-state index in [0.717, 1.165) is 5.56 Å². The summed E-state index contributed by atoms with van der Waals surface area (Å²) in [4.78, 5) is 33.4. The number of benzene rings is 2. The Morgan fingerprint density at radius 2 is 1.76 bits per heavy atom. The summed E-state index contributed by atoms with van der Waals surface area (Å²) in [7, 11) is 1.37. The third kappa shape index (κ3) is 5.43. The van der Waals surface area contributed by atoms with E-state index >= 15 is 0 Å². The van der Waals surface area contributed by atoms with E-state index in [-0.39, 0.29) is 11.9 Å². The van der Waals surface area contributed by atoms with Crippen molar-refractivity contribution in [3.8, 4) is 11.3 Å². The zero-order valence-electron chi connectivity index (χ0n) is 18.4. The van der Waals surface area contributed by atoms with Gasteiger partial charge in [-0.05, 0) is 11.6 Å². The first kappa shape index (κ1) is 23.0. The summed E-state index contributed by atoms with van der Waals surface area (Å²) in [5, 5.41) is 0.521. The SMILES string of the molecule is COC(=O)[C@H](c1ccccc1Cl)N1CCN(C(=O)CCc2ncc(-c3ccccc3)o2)CC1. The molecule has 0 radical (unpaired) electrons. The van der Waals surface area contributed by atoms with Gasteiger partial charge in [-0.25, -0.2) is 9.78 Å². The molecule has 1 aromatic heterocycles. The van der Waals surface area contributed by atoms with Gasteiger partial charge in [0.1, 0.15) is 6.04 Å². The van der Waals surface area contributed by atoms with Crippen LogP contribution in [0.2, 0.25) is 5.02 Å². The second kappa shape index (κ2) is 10.6. The van der Waals surface area contributed by atoms with E-state index in [2.05, 4.69) is 4.98 Å². The Balaban J connectivity index is 1.33. The average Bonchev–Trinajstić information content (AvgIpc) is 3.34. The van der Waals surface area contributed by atoms with Gasteiger partial charge in [0.2, 0.25) is 5.91 Å². The highest BCUT2D eigenvalue weighted by Gasteiger charge is 2.33. The lowest BCUT2D eigenvalue weighted by Gasteiger charge is -2.38. The largest absolute Gasteiger partial charge is 0.468 e. The molecule has 2 heterocycles. The van der Waals surface area contributed by atoms with E-state index in [4.69, 9.17) is 20.8 Å². The lowest BCUT2D eigenvalue weighted by molar-refractivity contribution is -0.148. The molecule has 0 saturated carbocycles. The van der Waals surface area contributed by atoms with Crippen LogP contribution in [0.15, 0.2) is 65.2 Å². The third-order valence-electron chi connectivity index (χ3n) is 5.82. The number of carbonyl (C=O) groups excluding carboxylic acids is 2. The monoisotopic (exact) mass is 467 g/mol. The van der Waals surface area contributed by atoms with Gasteiger partial charge in [-0.2, -0.15) is 0 Å². The first-order valence-electron chi connectivity index (χ1n) is 10.9. The molecule has 0 unspecified atom stereocenters. The van der Waals surface area contributed by atoms with Crippen molar-refractivity contribution in [2.45, 2.75) is 18.9 Å². The molecule has 172 valence electrons. The van der Waals surface area contributed by atoms with E-state index in [1.54, 1.807) is 12.3 Å². The summed E-state index contributed by atoms with van der Waals surface area (Å²) in [6.07, 6.45) is 2.45. The Bertz CT molecular complexity index is 1090. The lowest BCUT2D eigenvalue weighted by Crippen LogP contribution is -2.51. The molecule has 1 aliphatic heterocycles. The molecule has 1 atom stereocenters. The Morgan fingerprint density at radius 1 is 1.06 bits per heavy atom.